The minimum absolute atomic E-state index is 0.120. The van der Waals surface area contributed by atoms with Gasteiger partial charge in [0.25, 0.3) is 0 Å². The molecule has 4 unspecified atom stereocenters. The van der Waals surface area contributed by atoms with Crippen LogP contribution in [0, 0.1) is 23.7 Å². The molecule has 0 heterocycles. The van der Waals surface area contributed by atoms with E-state index in [1.54, 1.807) is 6.92 Å². The molecule has 1 saturated carbocycles. The van der Waals surface area contributed by atoms with Crippen molar-refractivity contribution < 1.29 is 19.1 Å². The van der Waals surface area contributed by atoms with Gasteiger partial charge < -0.3 is 9.47 Å². The Kier molecular flexibility index (Phi) is 3.70. The number of ether oxygens (including phenoxy) is 2. The topological polar surface area (TPSA) is 52.6 Å². The van der Waals surface area contributed by atoms with Crippen LogP contribution in [0.4, 0.5) is 0 Å². The van der Waals surface area contributed by atoms with Crippen LogP contribution < -0.4 is 0 Å². The lowest BCUT2D eigenvalue weighted by Crippen LogP contribution is -2.38. The largest absolute Gasteiger partial charge is 0.466 e. The predicted octanol–water partition coefficient (Wildman–Crippen LogP) is 2.33. The van der Waals surface area contributed by atoms with E-state index in [0.717, 1.165) is 6.42 Å². The molecule has 0 aromatic rings. The second-order valence-corrected chi connectivity index (χ2v) is 6.29. The highest BCUT2D eigenvalue weighted by molar-refractivity contribution is 5.84. The Hall–Kier alpha value is -1.32. The van der Waals surface area contributed by atoms with Crippen LogP contribution in [-0.4, -0.2) is 24.1 Å². The molecule has 2 rings (SSSR count). The van der Waals surface area contributed by atoms with E-state index in [0.29, 0.717) is 6.61 Å². The number of esters is 2. The highest BCUT2D eigenvalue weighted by Crippen LogP contribution is 2.49. The summed E-state index contributed by atoms with van der Waals surface area (Å²) in [7, 11) is 0. The lowest BCUT2D eigenvalue weighted by atomic mass is 9.83. The van der Waals surface area contributed by atoms with Gasteiger partial charge in [-0.2, -0.15) is 0 Å². The number of fused-ring (bicyclic) bond motifs is 2. The summed E-state index contributed by atoms with van der Waals surface area (Å²) in [4.78, 5) is 24.4. The second kappa shape index (κ2) is 4.99. The lowest BCUT2D eigenvalue weighted by Gasteiger charge is -2.28. The maximum absolute atomic E-state index is 12.3. The van der Waals surface area contributed by atoms with Gasteiger partial charge in [-0.3, -0.25) is 9.59 Å². The highest BCUT2D eigenvalue weighted by atomic mass is 16.6. The molecule has 4 atom stereocenters. The van der Waals surface area contributed by atoms with Crippen LogP contribution in [0.5, 0.6) is 0 Å². The average molecular weight is 266 g/mol. The fraction of sp³-hybridized carbons (Fsp3) is 0.733. The number of carbonyl (C=O) groups is 2. The molecule has 2 aliphatic rings. The third-order valence-corrected chi connectivity index (χ3v) is 3.70. The van der Waals surface area contributed by atoms with Crippen molar-refractivity contribution >= 4 is 11.9 Å². The highest BCUT2D eigenvalue weighted by Gasteiger charge is 2.53. The summed E-state index contributed by atoms with van der Waals surface area (Å²) in [6, 6.07) is 0. The molecule has 0 aromatic carbocycles. The van der Waals surface area contributed by atoms with E-state index in [9.17, 15) is 9.59 Å². The van der Waals surface area contributed by atoms with E-state index in [1.165, 1.54) is 0 Å². The van der Waals surface area contributed by atoms with Crippen molar-refractivity contribution in [3.63, 3.8) is 0 Å². The van der Waals surface area contributed by atoms with Crippen LogP contribution >= 0.6 is 0 Å². The molecule has 4 heteroatoms. The van der Waals surface area contributed by atoms with Crippen LogP contribution in [0.3, 0.4) is 0 Å². The summed E-state index contributed by atoms with van der Waals surface area (Å²) in [6.07, 6.45) is 4.93. The van der Waals surface area contributed by atoms with Crippen molar-refractivity contribution in [2.75, 3.05) is 6.61 Å². The zero-order valence-corrected chi connectivity index (χ0v) is 12.0. The van der Waals surface area contributed by atoms with Gasteiger partial charge in [-0.15, -0.1) is 0 Å². The number of hydrogen-bond donors (Lipinski definition) is 0. The maximum Gasteiger partial charge on any atom is 0.310 e. The first kappa shape index (κ1) is 14.1. The third kappa shape index (κ3) is 2.82. The van der Waals surface area contributed by atoms with Crippen molar-refractivity contribution in [2.24, 2.45) is 23.7 Å². The Morgan fingerprint density at radius 1 is 1.11 bits per heavy atom. The molecule has 0 aliphatic heterocycles. The Labute approximate surface area is 114 Å². The Morgan fingerprint density at radius 3 is 2.11 bits per heavy atom. The molecule has 0 amide bonds. The fourth-order valence-corrected chi connectivity index (χ4v) is 3.07. The van der Waals surface area contributed by atoms with Crippen LogP contribution in [0.2, 0.25) is 0 Å². The monoisotopic (exact) mass is 266 g/mol. The molecule has 106 valence electrons. The van der Waals surface area contributed by atoms with Gasteiger partial charge >= 0.3 is 11.9 Å². The number of carbonyl (C=O) groups excluding carboxylic acids is 2. The van der Waals surface area contributed by atoms with Gasteiger partial charge in [-0.1, -0.05) is 12.2 Å². The number of hydrogen-bond acceptors (Lipinski definition) is 4. The van der Waals surface area contributed by atoms with Gasteiger partial charge in [-0.25, -0.2) is 0 Å². The molecule has 0 radical (unpaired) electrons. The number of allylic oxidation sites excluding steroid dienone is 2. The standard InChI is InChI=1S/C15H22O4/c1-5-18-13(16)11-9-6-7-10(8-9)12(11)14(17)19-15(2,3)4/h6-7,9-12H,5,8H2,1-4H3. The molecule has 0 spiro atoms. The van der Waals surface area contributed by atoms with Crippen molar-refractivity contribution in [2.45, 2.75) is 39.7 Å². The van der Waals surface area contributed by atoms with Gasteiger partial charge in [0.15, 0.2) is 0 Å². The minimum atomic E-state index is -0.526. The van der Waals surface area contributed by atoms with E-state index >= 15 is 0 Å². The molecule has 0 aromatic heterocycles. The first-order chi connectivity index (χ1) is 8.83. The third-order valence-electron chi connectivity index (χ3n) is 3.70. The van der Waals surface area contributed by atoms with Gasteiger partial charge in [0.2, 0.25) is 0 Å². The SMILES string of the molecule is CCOC(=O)C1C2C=CC(C2)C1C(=O)OC(C)(C)C. The van der Waals surface area contributed by atoms with Gasteiger partial charge in [0.05, 0.1) is 18.4 Å². The normalized spacial score (nSPS) is 32.4. The first-order valence-corrected chi connectivity index (χ1v) is 6.91. The maximum atomic E-state index is 12.3. The fourth-order valence-electron chi connectivity index (χ4n) is 3.07. The first-order valence-electron chi connectivity index (χ1n) is 6.91. The summed E-state index contributed by atoms with van der Waals surface area (Å²) in [5.41, 5.74) is -0.526. The zero-order valence-electron chi connectivity index (χ0n) is 12.0. The van der Waals surface area contributed by atoms with E-state index in [1.807, 2.05) is 32.9 Å². The molecule has 0 saturated heterocycles. The summed E-state index contributed by atoms with van der Waals surface area (Å²) in [5.74, 6) is -1.05. The lowest BCUT2D eigenvalue weighted by molar-refractivity contribution is -0.168. The summed E-state index contributed by atoms with van der Waals surface area (Å²) < 4.78 is 10.6. The van der Waals surface area contributed by atoms with E-state index < -0.39 is 5.60 Å². The molecule has 2 aliphatic carbocycles. The van der Waals surface area contributed by atoms with Crippen molar-refractivity contribution in [1.82, 2.24) is 0 Å². The molecule has 4 nitrogen and oxygen atoms in total. The zero-order chi connectivity index (χ0) is 14.2. The summed E-state index contributed by atoms with van der Waals surface area (Å²) >= 11 is 0. The smallest absolute Gasteiger partial charge is 0.310 e. The van der Waals surface area contributed by atoms with Crippen molar-refractivity contribution in [3.05, 3.63) is 12.2 Å². The Bertz CT molecular complexity index is 405. The molecule has 0 N–H and O–H groups in total. The quantitative estimate of drug-likeness (QED) is 0.581. The van der Waals surface area contributed by atoms with Crippen molar-refractivity contribution in [1.29, 1.82) is 0 Å². The minimum Gasteiger partial charge on any atom is -0.466 e. The molecule has 2 bridgehead atoms. The predicted molar refractivity (Wildman–Crippen MR) is 70.2 cm³/mol. The van der Waals surface area contributed by atoms with Gasteiger partial charge in [-0.05, 0) is 46.0 Å². The summed E-state index contributed by atoms with van der Waals surface area (Å²) in [5, 5.41) is 0. The molecular formula is C15H22O4. The van der Waals surface area contributed by atoms with Crippen molar-refractivity contribution in [3.8, 4) is 0 Å². The van der Waals surface area contributed by atoms with E-state index in [-0.39, 0.29) is 35.6 Å². The Balaban J connectivity index is 2.15. The molecule has 1 fully saturated rings. The van der Waals surface area contributed by atoms with Gasteiger partial charge in [0.1, 0.15) is 5.60 Å². The Morgan fingerprint density at radius 2 is 1.63 bits per heavy atom. The van der Waals surface area contributed by atoms with E-state index in [4.69, 9.17) is 9.47 Å². The van der Waals surface area contributed by atoms with Crippen LogP contribution in [0.1, 0.15) is 34.1 Å². The second-order valence-electron chi connectivity index (χ2n) is 6.29. The summed E-state index contributed by atoms with van der Waals surface area (Å²) in [6.45, 7) is 7.65. The van der Waals surface area contributed by atoms with Crippen LogP contribution in [-0.2, 0) is 19.1 Å². The average Bonchev–Trinajstić information content (AvgIpc) is 2.85. The van der Waals surface area contributed by atoms with E-state index in [2.05, 4.69) is 0 Å². The number of rotatable bonds is 3. The van der Waals surface area contributed by atoms with Gasteiger partial charge in [0, 0.05) is 0 Å². The van der Waals surface area contributed by atoms with Crippen LogP contribution in [0.25, 0.3) is 0 Å². The molecular weight excluding hydrogens is 244 g/mol. The molecule has 19 heavy (non-hydrogen) atoms. The van der Waals surface area contributed by atoms with Crippen LogP contribution in [0.15, 0.2) is 12.2 Å².